The molecule has 0 unspecified atom stereocenters. The number of carbonyl (C=O) groups is 2. The first-order chi connectivity index (χ1) is 16.9. The molecular formula is C26H23BrN2O6. The second kappa shape index (κ2) is 10.7. The van der Waals surface area contributed by atoms with Crippen molar-refractivity contribution in [1.29, 1.82) is 0 Å². The van der Waals surface area contributed by atoms with Crippen LogP contribution in [0.2, 0.25) is 0 Å². The van der Waals surface area contributed by atoms with Crippen molar-refractivity contribution in [1.82, 2.24) is 4.90 Å². The van der Waals surface area contributed by atoms with E-state index in [0.29, 0.717) is 36.2 Å². The van der Waals surface area contributed by atoms with E-state index in [9.17, 15) is 24.8 Å². The number of amides is 1. The van der Waals surface area contributed by atoms with Crippen LogP contribution in [0.15, 0.2) is 72.8 Å². The van der Waals surface area contributed by atoms with Crippen LogP contribution in [0.25, 0.3) is 0 Å². The molecule has 9 heteroatoms. The Labute approximate surface area is 210 Å². The van der Waals surface area contributed by atoms with Crippen LogP contribution < -0.4 is 4.74 Å². The molecule has 1 aliphatic heterocycles. The van der Waals surface area contributed by atoms with Crippen molar-refractivity contribution in [3.05, 3.63) is 105 Å². The summed E-state index contributed by atoms with van der Waals surface area (Å²) in [6.07, 6.45) is 0.594. The second-order valence-corrected chi connectivity index (χ2v) is 8.97. The highest BCUT2D eigenvalue weighted by Gasteiger charge is 2.44. The first kappa shape index (κ1) is 24.4. The fourth-order valence-electron chi connectivity index (χ4n) is 4.36. The second-order valence-electron chi connectivity index (χ2n) is 8.17. The Hall–Kier alpha value is -3.72. The number of nitro benzene ring substituents is 1. The molecule has 8 nitrogen and oxygen atoms in total. The highest BCUT2D eigenvalue weighted by Crippen LogP contribution is 2.44. The summed E-state index contributed by atoms with van der Waals surface area (Å²) in [5.41, 5.74) is 1.75. The van der Waals surface area contributed by atoms with Gasteiger partial charge in [-0.15, -0.1) is 0 Å². The molecule has 35 heavy (non-hydrogen) atoms. The molecule has 0 saturated carbocycles. The van der Waals surface area contributed by atoms with Gasteiger partial charge in [-0.1, -0.05) is 64.5 Å². The summed E-state index contributed by atoms with van der Waals surface area (Å²) in [6.45, 7) is 0.691. The summed E-state index contributed by atoms with van der Waals surface area (Å²) in [4.78, 5) is 38.1. The van der Waals surface area contributed by atoms with E-state index in [1.165, 1.54) is 23.1 Å². The van der Waals surface area contributed by atoms with E-state index in [1.54, 1.807) is 24.3 Å². The summed E-state index contributed by atoms with van der Waals surface area (Å²) in [5.74, 6) is -1.98. The first-order valence-corrected chi connectivity index (χ1v) is 12.2. The maximum Gasteiger partial charge on any atom is 0.313 e. The molecule has 1 aliphatic rings. The van der Waals surface area contributed by atoms with Crippen LogP contribution >= 0.6 is 15.9 Å². The number of rotatable bonds is 9. The lowest BCUT2D eigenvalue weighted by atomic mass is 9.79. The van der Waals surface area contributed by atoms with E-state index in [1.807, 2.05) is 30.3 Å². The quantitative estimate of drug-likeness (QED) is 0.224. The van der Waals surface area contributed by atoms with Crippen molar-refractivity contribution in [3.8, 4) is 5.75 Å². The van der Waals surface area contributed by atoms with Gasteiger partial charge in [-0.05, 0) is 35.2 Å². The smallest absolute Gasteiger partial charge is 0.313 e. The Morgan fingerprint density at radius 3 is 2.43 bits per heavy atom. The number of benzene rings is 3. The summed E-state index contributed by atoms with van der Waals surface area (Å²) in [5, 5.41) is 22.1. The zero-order valence-electron chi connectivity index (χ0n) is 18.7. The molecule has 1 heterocycles. The van der Waals surface area contributed by atoms with Crippen LogP contribution in [0.4, 0.5) is 5.69 Å². The number of carboxylic acid groups (broad SMARTS) is 1. The van der Waals surface area contributed by atoms with E-state index < -0.39 is 28.8 Å². The van der Waals surface area contributed by atoms with Crippen molar-refractivity contribution in [2.75, 3.05) is 11.9 Å². The zero-order chi connectivity index (χ0) is 24.9. The predicted octanol–water partition coefficient (Wildman–Crippen LogP) is 5.32. The fourth-order valence-corrected chi connectivity index (χ4v) is 4.61. The number of carbonyl (C=O) groups excluding carboxylic acids is 1. The lowest BCUT2D eigenvalue weighted by Gasteiger charge is -2.40. The van der Waals surface area contributed by atoms with E-state index in [0.717, 1.165) is 5.56 Å². The number of hydrogen-bond donors (Lipinski definition) is 1. The molecule has 2 atom stereocenters. The van der Waals surface area contributed by atoms with E-state index in [-0.39, 0.29) is 16.8 Å². The number of non-ortho nitro benzene ring substituents is 1. The van der Waals surface area contributed by atoms with Crippen LogP contribution in [0, 0.1) is 10.1 Å². The van der Waals surface area contributed by atoms with Crippen LogP contribution in [-0.4, -0.2) is 38.7 Å². The molecule has 0 aromatic heterocycles. The van der Waals surface area contributed by atoms with Crippen molar-refractivity contribution in [3.63, 3.8) is 0 Å². The Morgan fingerprint density at radius 1 is 1.09 bits per heavy atom. The van der Waals surface area contributed by atoms with Gasteiger partial charge in [0, 0.05) is 24.0 Å². The number of carboxylic acids is 1. The fraction of sp³-hybridized carbons (Fsp3) is 0.231. The molecule has 1 amide bonds. The van der Waals surface area contributed by atoms with Gasteiger partial charge in [0.25, 0.3) is 11.6 Å². The molecule has 0 bridgehead atoms. The minimum absolute atomic E-state index is 0.0558. The normalized spacial score (nSPS) is 17.1. The monoisotopic (exact) mass is 538 g/mol. The summed E-state index contributed by atoms with van der Waals surface area (Å²) < 4.78 is 5.85. The van der Waals surface area contributed by atoms with Gasteiger partial charge in [-0.25, -0.2) is 0 Å². The Bertz CT molecular complexity index is 1230. The SMILES string of the molecule is O=C(O)[C@@H]1c2ccc([N+](=O)[O-])cc2C(=O)N(CCCBr)[C@@H]1c1ccc(OCc2ccccc2)cc1. The standard InChI is InChI=1S/C26H23BrN2O6/c27-13-4-14-28-24(18-7-10-20(11-8-18)35-16-17-5-2-1-3-6-17)23(26(31)32)21-12-9-19(29(33)34)15-22(21)25(28)30/h1-3,5-12,15,23-24H,4,13-14,16H2,(H,31,32)/t23-,24-/m1/s1. The van der Waals surface area contributed by atoms with Crippen LogP contribution in [-0.2, 0) is 11.4 Å². The van der Waals surface area contributed by atoms with Gasteiger partial charge in [0.05, 0.1) is 16.5 Å². The summed E-state index contributed by atoms with van der Waals surface area (Å²) >= 11 is 3.36. The molecule has 0 saturated heterocycles. The topological polar surface area (TPSA) is 110 Å². The Kier molecular flexibility index (Phi) is 7.45. The van der Waals surface area contributed by atoms with Gasteiger partial charge in [0.15, 0.2) is 0 Å². The molecule has 0 radical (unpaired) electrons. The molecule has 3 aromatic rings. The molecule has 1 N–H and O–H groups in total. The van der Waals surface area contributed by atoms with E-state index >= 15 is 0 Å². The van der Waals surface area contributed by atoms with Crippen molar-refractivity contribution in [2.24, 2.45) is 0 Å². The minimum Gasteiger partial charge on any atom is -0.489 e. The number of aliphatic carboxylic acids is 1. The summed E-state index contributed by atoms with van der Waals surface area (Å²) in [6, 6.07) is 19.8. The number of fused-ring (bicyclic) bond motifs is 1. The minimum atomic E-state index is -1.11. The average molecular weight is 539 g/mol. The Balaban J connectivity index is 1.69. The molecule has 4 rings (SSSR count). The van der Waals surface area contributed by atoms with Crippen molar-refractivity contribution < 1.29 is 24.4 Å². The predicted molar refractivity (Wildman–Crippen MR) is 133 cm³/mol. The number of hydrogen-bond acceptors (Lipinski definition) is 5. The van der Waals surface area contributed by atoms with Gasteiger partial charge >= 0.3 is 5.97 Å². The molecule has 3 aromatic carbocycles. The number of alkyl halides is 1. The first-order valence-electron chi connectivity index (χ1n) is 11.1. The van der Waals surface area contributed by atoms with Crippen LogP contribution in [0.1, 0.15) is 45.4 Å². The van der Waals surface area contributed by atoms with Crippen LogP contribution in [0.3, 0.4) is 0 Å². The zero-order valence-corrected chi connectivity index (χ0v) is 20.3. The third-order valence-corrected chi connectivity index (χ3v) is 6.55. The van der Waals surface area contributed by atoms with Gasteiger partial charge in [0.2, 0.25) is 0 Å². The van der Waals surface area contributed by atoms with Gasteiger partial charge < -0.3 is 14.7 Å². The van der Waals surface area contributed by atoms with Gasteiger partial charge in [-0.2, -0.15) is 0 Å². The number of ether oxygens (including phenoxy) is 1. The summed E-state index contributed by atoms with van der Waals surface area (Å²) in [7, 11) is 0. The van der Waals surface area contributed by atoms with Gasteiger partial charge in [-0.3, -0.25) is 19.7 Å². The largest absolute Gasteiger partial charge is 0.489 e. The molecule has 180 valence electrons. The molecule has 0 fully saturated rings. The highest BCUT2D eigenvalue weighted by molar-refractivity contribution is 9.09. The lowest BCUT2D eigenvalue weighted by molar-refractivity contribution is -0.384. The third kappa shape index (κ3) is 5.19. The molecular weight excluding hydrogens is 516 g/mol. The molecule has 0 spiro atoms. The third-order valence-electron chi connectivity index (χ3n) is 5.99. The van der Waals surface area contributed by atoms with E-state index in [2.05, 4.69) is 15.9 Å². The maximum atomic E-state index is 13.4. The van der Waals surface area contributed by atoms with Crippen molar-refractivity contribution in [2.45, 2.75) is 25.0 Å². The van der Waals surface area contributed by atoms with E-state index in [4.69, 9.17) is 4.74 Å². The van der Waals surface area contributed by atoms with Gasteiger partial charge in [0.1, 0.15) is 18.3 Å². The molecule has 0 aliphatic carbocycles. The van der Waals surface area contributed by atoms with Crippen molar-refractivity contribution >= 4 is 33.5 Å². The number of nitro groups is 1. The lowest BCUT2D eigenvalue weighted by Crippen LogP contribution is -2.45. The van der Waals surface area contributed by atoms with Crippen LogP contribution in [0.5, 0.6) is 5.75 Å². The maximum absolute atomic E-state index is 13.4. The number of nitrogens with zero attached hydrogens (tertiary/aromatic N) is 2. The highest BCUT2D eigenvalue weighted by atomic mass is 79.9. The Morgan fingerprint density at radius 2 is 1.80 bits per heavy atom. The average Bonchev–Trinajstić information content (AvgIpc) is 2.87. The number of halogens is 1.